The van der Waals surface area contributed by atoms with Crippen molar-refractivity contribution in [2.75, 3.05) is 0 Å². The zero-order valence-electron chi connectivity index (χ0n) is 9.30. The van der Waals surface area contributed by atoms with Gasteiger partial charge in [0.1, 0.15) is 5.82 Å². The Morgan fingerprint density at radius 2 is 2.19 bits per heavy atom. The van der Waals surface area contributed by atoms with Crippen molar-refractivity contribution in [3.8, 4) is 0 Å². The number of aryl methyl sites for hydroxylation is 1. The van der Waals surface area contributed by atoms with E-state index in [1.165, 1.54) is 4.52 Å². The summed E-state index contributed by atoms with van der Waals surface area (Å²) < 4.78 is 1.28. The van der Waals surface area contributed by atoms with E-state index < -0.39 is 5.97 Å². The summed E-state index contributed by atoms with van der Waals surface area (Å²) in [6.45, 7) is 5.54. The van der Waals surface area contributed by atoms with E-state index >= 15 is 0 Å². The highest BCUT2D eigenvalue weighted by Crippen LogP contribution is 2.18. The summed E-state index contributed by atoms with van der Waals surface area (Å²) in [5, 5.41) is 13.2. The molecule has 0 aliphatic rings. The van der Waals surface area contributed by atoms with E-state index in [1.54, 1.807) is 13.1 Å². The molecule has 2 aromatic heterocycles. The summed E-state index contributed by atoms with van der Waals surface area (Å²) in [5.41, 5.74) is 0.797. The van der Waals surface area contributed by atoms with Crippen LogP contribution in [0.15, 0.2) is 6.20 Å². The molecule has 0 aliphatic carbocycles. The lowest BCUT2D eigenvalue weighted by Gasteiger charge is -2.09. The molecule has 1 N–H and O–H groups in total. The van der Waals surface area contributed by atoms with Crippen molar-refractivity contribution in [2.45, 2.75) is 26.7 Å². The Bertz CT molecular complexity index is 559. The van der Waals surface area contributed by atoms with Crippen LogP contribution in [0, 0.1) is 6.92 Å². The SMILES string of the molecule is Cc1nc2ncc(C(C)C)c(C(=O)O)n2n1. The maximum Gasteiger partial charge on any atom is 0.355 e. The van der Waals surface area contributed by atoms with Crippen molar-refractivity contribution in [2.24, 2.45) is 0 Å². The molecule has 0 saturated heterocycles. The smallest absolute Gasteiger partial charge is 0.355 e. The van der Waals surface area contributed by atoms with Crippen LogP contribution in [-0.2, 0) is 0 Å². The van der Waals surface area contributed by atoms with Crippen molar-refractivity contribution >= 4 is 11.7 Å². The second-order valence-corrected chi connectivity index (χ2v) is 3.89. The van der Waals surface area contributed by atoms with Gasteiger partial charge in [0.15, 0.2) is 5.69 Å². The van der Waals surface area contributed by atoms with Gasteiger partial charge in [-0.3, -0.25) is 0 Å². The monoisotopic (exact) mass is 220 g/mol. The molecular weight excluding hydrogens is 208 g/mol. The van der Waals surface area contributed by atoms with Crippen molar-refractivity contribution in [3.05, 3.63) is 23.3 Å². The quantitative estimate of drug-likeness (QED) is 0.823. The van der Waals surface area contributed by atoms with E-state index in [4.69, 9.17) is 0 Å². The van der Waals surface area contributed by atoms with Gasteiger partial charge in [0, 0.05) is 11.8 Å². The molecule has 0 unspecified atom stereocenters. The number of hydrogen-bond donors (Lipinski definition) is 1. The summed E-state index contributed by atoms with van der Waals surface area (Å²) in [5.74, 6) is -0.108. The third-order valence-electron chi connectivity index (χ3n) is 2.32. The molecule has 2 heterocycles. The van der Waals surface area contributed by atoms with Crippen LogP contribution < -0.4 is 0 Å². The van der Waals surface area contributed by atoms with Crippen LogP contribution >= 0.6 is 0 Å². The van der Waals surface area contributed by atoms with Gasteiger partial charge >= 0.3 is 5.97 Å². The van der Waals surface area contributed by atoms with E-state index in [2.05, 4.69) is 15.1 Å². The summed E-state index contributed by atoms with van der Waals surface area (Å²) in [7, 11) is 0. The lowest BCUT2D eigenvalue weighted by atomic mass is 10.0. The van der Waals surface area contributed by atoms with Crippen LogP contribution in [0.1, 0.15) is 41.6 Å². The number of carbonyl (C=O) groups is 1. The maximum atomic E-state index is 11.2. The van der Waals surface area contributed by atoms with E-state index in [0.717, 1.165) is 0 Å². The second-order valence-electron chi connectivity index (χ2n) is 3.89. The number of aromatic carboxylic acids is 1. The number of fused-ring (bicyclic) bond motifs is 1. The average Bonchev–Trinajstić information content (AvgIpc) is 2.55. The van der Waals surface area contributed by atoms with Crippen molar-refractivity contribution in [3.63, 3.8) is 0 Å². The normalized spacial score (nSPS) is 11.2. The number of carboxylic acid groups (broad SMARTS) is 1. The molecule has 6 nitrogen and oxygen atoms in total. The molecule has 0 radical (unpaired) electrons. The van der Waals surface area contributed by atoms with Gasteiger partial charge in [-0.1, -0.05) is 13.8 Å². The van der Waals surface area contributed by atoms with Crippen molar-refractivity contribution in [1.82, 2.24) is 19.6 Å². The fourth-order valence-electron chi connectivity index (χ4n) is 1.58. The molecule has 2 aromatic rings. The fourth-order valence-corrected chi connectivity index (χ4v) is 1.58. The summed E-state index contributed by atoms with van der Waals surface area (Å²) >= 11 is 0. The van der Waals surface area contributed by atoms with Gasteiger partial charge in [-0.2, -0.15) is 9.50 Å². The first-order chi connectivity index (χ1) is 7.50. The minimum atomic E-state index is -1.01. The maximum absolute atomic E-state index is 11.2. The van der Waals surface area contributed by atoms with E-state index in [9.17, 15) is 9.90 Å². The van der Waals surface area contributed by atoms with Crippen molar-refractivity contribution in [1.29, 1.82) is 0 Å². The van der Waals surface area contributed by atoms with Gasteiger partial charge in [0.2, 0.25) is 0 Å². The van der Waals surface area contributed by atoms with Crippen molar-refractivity contribution < 1.29 is 9.90 Å². The Labute approximate surface area is 92.0 Å². The summed E-state index contributed by atoms with van der Waals surface area (Å²) in [4.78, 5) is 19.4. The zero-order chi connectivity index (χ0) is 11.9. The number of aromatic nitrogens is 4. The molecule has 2 rings (SSSR count). The third-order valence-corrected chi connectivity index (χ3v) is 2.32. The van der Waals surface area contributed by atoms with Crippen LogP contribution in [0.2, 0.25) is 0 Å². The number of carboxylic acids is 1. The molecule has 0 saturated carbocycles. The van der Waals surface area contributed by atoms with E-state index in [-0.39, 0.29) is 11.6 Å². The highest BCUT2D eigenvalue weighted by atomic mass is 16.4. The first-order valence-electron chi connectivity index (χ1n) is 4.96. The van der Waals surface area contributed by atoms with Gasteiger partial charge in [-0.15, -0.1) is 5.10 Å². The molecule has 0 bridgehead atoms. The number of hydrogen-bond acceptors (Lipinski definition) is 4. The summed E-state index contributed by atoms with van der Waals surface area (Å²) in [6, 6.07) is 0. The first-order valence-corrected chi connectivity index (χ1v) is 4.96. The average molecular weight is 220 g/mol. The Kier molecular flexibility index (Phi) is 2.34. The molecule has 0 amide bonds. The van der Waals surface area contributed by atoms with Gasteiger partial charge in [0.05, 0.1) is 0 Å². The Morgan fingerprint density at radius 1 is 1.50 bits per heavy atom. The first kappa shape index (κ1) is 10.5. The van der Waals surface area contributed by atoms with Gasteiger partial charge in [0.25, 0.3) is 5.78 Å². The molecule has 0 spiro atoms. The Balaban J connectivity index is 2.83. The van der Waals surface area contributed by atoms with Crippen LogP contribution in [0.5, 0.6) is 0 Å². The highest BCUT2D eigenvalue weighted by Gasteiger charge is 2.19. The minimum absolute atomic E-state index is 0.0764. The summed E-state index contributed by atoms with van der Waals surface area (Å²) in [6.07, 6.45) is 1.55. The Morgan fingerprint density at radius 3 is 2.75 bits per heavy atom. The molecule has 0 fully saturated rings. The molecule has 6 heteroatoms. The van der Waals surface area contributed by atoms with Crippen LogP contribution in [0.4, 0.5) is 0 Å². The topological polar surface area (TPSA) is 80.4 Å². The minimum Gasteiger partial charge on any atom is -0.476 e. The fraction of sp³-hybridized carbons (Fsp3) is 0.400. The molecular formula is C10H12N4O2. The number of rotatable bonds is 2. The largest absolute Gasteiger partial charge is 0.476 e. The van der Waals surface area contributed by atoms with E-state index in [0.29, 0.717) is 17.2 Å². The molecule has 84 valence electrons. The number of nitrogens with zero attached hydrogens (tertiary/aromatic N) is 4. The predicted octanol–water partition coefficient (Wildman–Crippen LogP) is 1.25. The second kappa shape index (κ2) is 3.55. The van der Waals surface area contributed by atoms with Crippen LogP contribution in [0.3, 0.4) is 0 Å². The lowest BCUT2D eigenvalue weighted by molar-refractivity contribution is 0.0685. The zero-order valence-corrected chi connectivity index (χ0v) is 9.30. The van der Waals surface area contributed by atoms with Gasteiger partial charge in [-0.25, -0.2) is 9.78 Å². The van der Waals surface area contributed by atoms with E-state index in [1.807, 2.05) is 13.8 Å². The third kappa shape index (κ3) is 1.52. The predicted molar refractivity (Wildman–Crippen MR) is 56.6 cm³/mol. The standard InChI is InChI=1S/C10H12N4O2/c1-5(2)7-4-11-10-12-6(3)13-14(10)8(7)9(15)16/h4-5H,1-3H3,(H,15,16). The highest BCUT2D eigenvalue weighted by molar-refractivity contribution is 5.88. The molecule has 16 heavy (non-hydrogen) atoms. The van der Waals surface area contributed by atoms with Gasteiger partial charge in [-0.05, 0) is 12.8 Å². The molecule has 0 aliphatic heterocycles. The van der Waals surface area contributed by atoms with Crippen LogP contribution in [-0.4, -0.2) is 30.7 Å². The van der Waals surface area contributed by atoms with Gasteiger partial charge < -0.3 is 5.11 Å². The molecule has 0 atom stereocenters. The van der Waals surface area contributed by atoms with Crippen LogP contribution in [0.25, 0.3) is 5.78 Å². The molecule has 0 aromatic carbocycles. The Hall–Kier alpha value is -1.98. The lowest BCUT2D eigenvalue weighted by Crippen LogP contribution is -2.13.